The monoisotopic (exact) mass is 389 g/mol. The molecule has 1 aromatic carbocycles. The minimum Gasteiger partial charge on any atom is -0.444 e. The van der Waals surface area contributed by atoms with Crippen LogP contribution in [0.3, 0.4) is 0 Å². The van der Waals surface area contributed by atoms with Gasteiger partial charge in [-0.15, -0.1) is 0 Å². The van der Waals surface area contributed by atoms with E-state index in [0.29, 0.717) is 6.42 Å². The van der Waals surface area contributed by atoms with Crippen LogP contribution in [0.25, 0.3) is 0 Å². The molecule has 28 heavy (non-hydrogen) atoms. The number of rotatable bonds is 6. The van der Waals surface area contributed by atoms with Crippen molar-refractivity contribution in [2.75, 3.05) is 34.2 Å². The number of nitrogens with zero attached hydrogens (tertiary/aromatic N) is 3. The fraction of sp³-hybridized carbons (Fsp3) is 0.636. The lowest BCUT2D eigenvalue weighted by atomic mass is 10.0. The van der Waals surface area contributed by atoms with Gasteiger partial charge in [-0.05, 0) is 53.3 Å². The van der Waals surface area contributed by atoms with Gasteiger partial charge in [-0.25, -0.2) is 4.79 Å². The SMILES string of the molecule is CN(C)CC1CCCN1C(=O)C(Cc1ccccc1)N(C)C(=O)OC(C)(C)C. The predicted octanol–water partition coefficient (Wildman–Crippen LogP) is 3.02. The lowest BCUT2D eigenvalue weighted by Crippen LogP contribution is -2.53. The molecule has 2 unspecified atom stereocenters. The molecule has 6 nitrogen and oxygen atoms in total. The fourth-order valence-corrected chi connectivity index (χ4v) is 3.62. The number of likely N-dealkylation sites (tertiary alicyclic amines) is 1. The van der Waals surface area contributed by atoms with Crippen LogP contribution in [0, 0.1) is 0 Å². The maximum Gasteiger partial charge on any atom is 0.410 e. The molecule has 2 atom stereocenters. The highest BCUT2D eigenvalue weighted by Gasteiger charge is 2.37. The number of hydrogen-bond acceptors (Lipinski definition) is 4. The highest BCUT2D eigenvalue weighted by Crippen LogP contribution is 2.22. The second-order valence-corrected chi connectivity index (χ2v) is 8.89. The lowest BCUT2D eigenvalue weighted by Gasteiger charge is -2.35. The Bertz CT molecular complexity index is 655. The molecular weight excluding hydrogens is 354 g/mol. The van der Waals surface area contributed by atoms with Crippen molar-refractivity contribution >= 4 is 12.0 Å². The van der Waals surface area contributed by atoms with Gasteiger partial charge in [0.05, 0.1) is 0 Å². The topological polar surface area (TPSA) is 53.1 Å². The van der Waals surface area contributed by atoms with Crippen LogP contribution in [-0.4, -0.2) is 78.6 Å². The summed E-state index contributed by atoms with van der Waals surface area (Å²) < 4.78 is 5.53. The molecule has 0 saturated carbocycles. The number of likely N-dealkylation sites (N-methyl/N-ethyl adjacent to an activating group) is 2. The maximum absolute atomic E-state index is 13.5. The fourth-order valence-electron chi connectivity index (χ4n) is 3.62. The number of carbonyl (C=O) groups excluding carboxylic acids is 2. The summed E-state index contributed by atoms with van der Waals surface area (Å²) in [5.41, 5.74) is 0.423. The zero-order chi connectivity index (χ0) is 20.9. The molecule has 1 aliphatic heterocycles. The van der Waals surface area contributed by atoms with E-state index in [1.807, 2.05) is 70.1 Å². The normalized spacial score (nSPS) is 18.2. The lowest BCUT2D eigenvalue weighted by molar-refractivity contribution is -0.137. The largest absolute Gasteiger partial charge is 0.444 e. The molecule has 1 aliphatic rings. The van der Waals surface area contributed by atoms with E-state index in [9.17, 15) is 9.59 Å². The molecule has 0 aromatic heterocycles. The molecule has 1 aromatic rings. The molecular formula is C22H35N3O3. The number of hydrogen-bond donors (Lipinski definition) is 0. The van der Waals surface area contributed by atoms with Crippen LogP contribution in [0.15, 0.2) is 30.3 Å². The zero-order valence-corrected chi connectivity index (χ0v) is 18.1. The maximum atomic E-state index is 13.5. The Balaban J connectivity index is 2.24. The van der Waals surface area contributed by atoms with Gasteiger partial charge in [-0.2, -0.15) is 0 Å². The summed E-state index contributed by atoms with van der Waals surface area (Å²) in [6.45, 7) is 7.08. The average molecular weight is 390 g/mol. The Hall–Kier alpha value is -2.08. The van der Waals surface area contributed by atoms with Gasteiger partial charge in [0.15, 0.2) is 0 Å². The summed E-state index contributed by atoms with van der Waals surface area (Å²) in [4.78, 5) is 31.7. The van der Waals surface area contributed by atoms with E-state index in [-0.39, 0.29) is 11.9 Å². The first kappa shape index (κ1) is 22.2. The van der Waals surface area contributed by atoms with Gasteiger partial charge < -0.3 is 14.5 Å². The van der Waals surface area contributed by atoms with E-state index in [1.54, 1.807) is 7.05 Å². The van der Waals surface area contributed by atoms with Crippen molar-refractivity contribution in [2.45, 2.75) is 57.7 Å². The number of benzene rings is 1. The van der Waals surface area contributed by atoms with Crippen molar-refractivity contribution < 1.29 is 14.3 Å². The highest BCUT2D eigenvalue weighted by atomic mass is 16.6. The molecule has 0 spiro atoms. The molecule has 0 N–H and O–H groups in total. The molecule has 0 aliphatic carbocycles. The van der Waals surface area contributed by atoms with E-state index in [1.165, 1.54) is 4.90 Å². The Labute approximate surface area is 169 Å². The van der Waals surface area contributed by atoms with E-state index >= 15 is 0 Å². The Morgan fingerprint density at radius 2 is 1.82 bits per heavy atom. The van der Waals surface area contributed by atoms with Crippen LogP contribution in [0.4, 0.5) is 4.79 Å². The first-order chi connectivity index (χ1) is 13.1. The van der Waals surface area contributed by atoms with Crippen molar-refractivity contribution in [3.8, 4) is 0 Å². The van der Waals surface area contributed by atoms with Crippen LogP contribution in [-0.2, 0) is 16.0 Å². The summed E-state index contributed by atoms with van der Waals surface area (Å²) in [5.74, 6) is 0.00145. The van der Waals surface area contributed by atoms with Gasteiger partial charge in [0, 0.05) is 32.6 Å². The van der Waals surface area contributed by atoms with Gasteiger partial charge in [0.1, 0.15) is 11.6 Å². The third-order valence-electron chi connectivity index (χ3n) is 4.94. The Kier molecular flexibility index (Phi) is 7.47. The number of amides is 2. The van der Waals surface area contributed by atoms with Crippen LogP contribution < -0.4 is 0 Å². The van der Waals surface area contributed by atoms with Gasteiger partial charge in [-0.1, -0.05) is 30.3 Å². The number of ether oxygens (including phenoxy) is 1. The molecule has 2 rings (SSSR count). The molecule has 1 heterocycles. The van der Waals surface area contributed by atoms with E-state index in [0.717, 1.165) is 31.5 Å². The Morgan fingerprint density at radius 3 is 2.39 bits per heavy atom. The number of carbonyl (C=O) groups is 2. The summed E-state index contributed by atoms with van der Waals surface area (Å²) >= 11 is 0. The van der Waals surface area contributed by atoms with Crippen molar-refractivity contribution in [3.05, 3.63) is 35.9 Å². The molecule has 2 amide bonds. The molecule has 0 radical (unpaired) electrons. The smallest absolute Gasteiger partial charge is 0.410 e. The minimum atomic E-state index is -0.604. The summed E-state index contributed by atoms with van der Waals surface area (Å²) in [7, 11) is 5.71. The first-order valence-corrected chi connectivity index (χ1v) is 10.0. The summed E-state index contributed by atoms with van der Waals surface area (Å²) in [6, 6.07) is 9.44. The molecule has 1 fully saturated rings. The second-order valence-electron chi connectivity index (χ2n) is 8.89. The van der Waals surface area contributed by atoms with Gasteiger partial charge >= 0.3 is 6.09 Å². The third kappa shape index (κ3) is 6.23. The summed E-state index contributed by atoms with van der Waals surface area (Å²) in [5, 5.41) is 0. The third-order valence-corrected chi connectivity index (χ3v) is 4.94. The molecule has 6 heteroatoms. The second kappa shape index (κ2) is 9.41. The molecule has 1 saturated heterocycles. The van der Waals surface area contributed by atoms with Crippen LogP contribution in [0.2, 0.25) is 0 Å². The quantitative estimate of drug-likeness (QED) is 0.750. The molecule has 156 valence electrons. The minimum absolute atomic E-state index is 0.00145. The van der Waals surface area contributed by atoms with Crippen molar-refractivity contribution in [1.29, 1.82) is 0 Å². The van der Waals surface area contributed by atoms with E-state index in [4.69, 9.17) is 4.74 Å². The van der Waals surface area contributed by atoms with Crippen LogP contribution >= 0.6 is 0 Å². The molecule has 0 bridgehead atoms. The first-order valence-electron chi connectivity index (χ1n) is 10.0. The van der Waals surface area contributed by atoms with Gasteiger partial charge in [-0.3, -0.25) is 9.69 Å². The highest BCUT2D eigenvalue weighted by molar-refractivity contribution is 5.86. The predicted molar refractivity (Wildman–Crippen MR) is 111 cm³/mol. The van der Waals surface area contributed by atoms with Crippen LogP contribution in [0.5, 0.6) is 0 Å². The van der Waals surface area contributed by atoms with Gasteiger partial charge in [0.25, 0.3) is 0 Å². The standard InChI is InChI=1S/C22H35N3O3/c1-22(2,3)28-21(27)24(6)19(15-17-11-8-7-9-12-17)20(26)25-14-10-13-18(25)16-23(4)5/h7-9,11-12,18-19H,10,13-16H2,1-6H3. The van der Waals surface area contributed by atoms with Gasteiger partial charge in [0.2, 0.25) is 5.91 Å². The van der Waals surface area contributed by atoms with Crippen molar-refractivity contribution in [3.63, 3.8) is 0 Å². The van der Waals surface area contributed by atoms with E-state index < -0.39 is 17.7 Å². The van der Waals surface area contributed by atoms with Crippen molar-refractivity contribution in [1.82, 2.24) is 14.7 Å². The average Bonchev–Trinajstić information content (AvgIpc) is 3.05. The van der Waals surface area contributed by atoms with Crippen LogP contribution in [0.1, 0.15) is 39.2 Å². The van der Waals surface area contributed by atoms with E-state index in [2.05, 4.69) is 4.90 Å². The Morgan fingerprint density at radius 1 is 1.18 bits per heavy atom. The van der Waals surface area contributed by atoms with Crippen molar-refractivity contribution in [2.24, 2.45) is 0 Å². The zero-order valence-electron chi connectivity index (χ0n) is 18.1. The summed E-state index contributed by atoms with van der Waals surface area (Å²) in [6.07, 6.45) is 2.00.